The van der Waals surface area contributed by atoms with Crippen LogP contribution in [-0.4, -0.2) is 4.98 Å². The Morgan fingerprint density at radius 2 is 1.91 bits per heavy atom. The summed E-state index contributed by atoms with van der Waals surface area (Å²) in [5.41, 5.74) is 11.7. The van der Waals surface area contributed by atoms with Crippen LogP contribution in [0.3, 0.4) is 0 Å². The van der Waals surface area contributed by atoms with Crippen LogP contribution in [0, 0.1) is 5.82 Å². The quantitative estimate of drug-likeness (QED) is 0.272. The average Bonchev–Trinajstić information content (AvgIpc) is 2.52. The predicted octanol–water partition coefficient (Wildman–Crippen LogP) is 5.50. The molecule has 0 bridgehead atoms. The van der Waals surface area contributed by atoms with Crippen LogP contribution in [0.15, 0.2) is 53.6 Å². The molecule has 2 aromatic carbocycles. The first kappa shape index (κ1) is 14.3. The van der Waals surface area contributed by atoms with Gasteiger partial charge >= 0.3 is 0 Å². The second-order valence-electron chi connectivity index (χ2n) is 4.74. The molecule has 0 aliphatic rings. The summed E-state index contributed by atoms with van der Waals surface area (Å²) in [4.78, 5) is 7.05. The highest BCUT2D eigenvalue weighted by Crippen LogP contribution is 2.31. The van der Waals surface area contributed by atoms with E-state index in [9.17, 15) is 4.39 Å². The van der Waals surface area contributed by atoms with Gasteiger partial charge in [0.25, 0.3) is 0 Å². The first-order valence-electron chi connectivity index (χ1n) is 6.53. The molecular weight excluding hydrogens is 303 g/mol. The number of azide groups is 1. The van der Waals surface area contributed by atoms with Crippen molar-refractivity contribution in [1.29, 1.82) is 0 Å². The summed E-state index contributed by atoms with van der Waals surface area (Å²) in [5.74, 6) is -0.287. The van der Waals surface area contributed by atoms with Gasteiger partial charge in [-0.2, -0.15) is 0 Å². The number of hydrogen-bond acceptors (Lipinski definition) is 2. The average molecular weight is 313 g/mol. The van der Waals surface area contributed by atoms with E-state index in [1.807, 2.05) is 18.2 Å². The Balaban J connectivity index is 2.18. The second kappa shape index (κ2) is 6.02. The molecule has 4 nitrogen and oxygen atoms in total. The van der Waals surface area contributed by atoms with Crippen molar-refractivity contribution in [3.05, 3.63) is 75.5 Å². The number of benzene rings is 2. The summed E-state index contributed by atoms with van der Waals surface area (Å²) in [6.07, 6.45) is 0. The summed E-state index contributed by atoms with van der Waals surface area (Å²) < 4.78 is 13.1. The molecule has 0 amide bonds. The molecule has 108 valence electrons. The van der Waals surface area contributed by atoms with Crippen LogP contribution in [-0.2, 0) is 6.54 Å². The molecule has 0 N–H and O–H groups in total. The molecule has 0 aliphatic carbocycles. The number of rotatable bonds is 3. The monoisotopic (exact) mass is 312 g/mol. The minimum atomic E-state index is -0.287. The van der Waals surface area contributed by atoms with Crippen LogP contribution in [0.25, 0.3) is 32.5 Å². The lowest BCUT2D eigenvalue weighted by Gasteiger charge is -2.09. The van der Waals surface area contributed by atoms with Crippen molar-refractivity contribution >= 4 is 22.5 Å². The predicted molar refractivity (Wildman–Crippen MR) is 85.0 cm³/mol. The van der Waals surface area contributed by atoms with E-state index in [2.05, 4.69) is 15.0 Å². The van der Waals surface area contributed by atoms with Gasteiger partial charge in [0.1, 0.15) is 11.0 Å². The summed E-state index contributed by atoms with van der Waals surface area (Å²) in [5, 5.41) is 4.80. The maximum absolute atomic E-state index is 13.1. The van der Waals surface area contributed by atoms with E-state index < -0.39 is 0 Å². The van der Waals surface area contributed by atoms with Crippen LogP contribution in [0.1, 0.15) is 5.56 Å². The van der Waals surface area contributed by atoms with Gasteiger partial charge in [0.2, 0.25) is 0 Å². The third-order valence-electron chi connectivity index (χ3n) is 3.31. The molecule has 0 radical (unpaired) electrons. The molecule has 3 rings (SSSR count). The summed E-state index contributed by atoms with van der Waals surface area (Å²) in [7, 11) is 0. The third kappa shape index (κ3) is 2.86. The fourth-order valence-electron chi connectivity index (χ4n) is 2.32. The van der Waals surface area contributed by atoms with Crippen molar-refractivity contribution in [3.8, 4) is 11.1 Å². The first-order valence-corrected chi connectivity index (χ1v) is 6.91. The summed E-state index contributed by atoms with van der Waals surface area (Å²) >= 11 is 6.09. The van der Waals surface area contributed by atoms with Crippen LogP contribution >= 0.6 is 11.6 Å². The van der Waals surface area contributed by atoms with Crippen molar-refractivity contribution in [3.63, 3.8) is 0 Å². The van der Waals surface area contributed by atoms with Gasteiger partial charge in [-0.3, -0.25) is 0 Å². The first-order chi connectivity index (χ1) is 10.7. The molecule has 0 saturated heterocycles. The van der Waals surface area contributed by atoms with Crippen molar-refractivity contribution in [2.24, 2.45) is 5.11 Å². The lowest BCUT2D eigenvalue weighted by molar-refractivity contribution is 0.628. The number of aromatic nitrogens is 1. The lowest BCUT2D eigenvalue weighted by Crippen LogP contribution is -1.89. The number of hydrogen-bond donors (Lipinski definition) is 0. The van der Waals surface area contributed by atoms with Gasteiger partial charge in [-0.15, -0.1) is 0 Å². The molecule has 0 fully saturated rings. The molecule has 0 atom stereocenters. The topological polar surface area (TPSA) is 61.7 Å². The summed E-state index contributed by atoms with van der Waals surface area (Å²) in [6.45, 7) is 0.256. The highest BCUT2D eigenvalue weighted by Gasteiger charge is 2.08. The number of halogens is 2. The van der Waals surface area contributed by atoms with Crippen molar-refractivity contribution < 1.29 is 4.39 Å². The van der Waals surface area contributed by atoms with E-state index in [4.69, 9.17) is 17.1 Å². The Hall–Kier alpha value is -2.62. The molecule has 22 heavy (non-hydrogen) atoms. The van der Waals surface area contributed by atoms with Crippen LogP contribution < -0.4 is 0 Å². The number of fused-ring (bicyclic) bond motifs is 1. The molecule has 0 spiro atoms. The highest BCUT2D eigenvalue weighted by molar-refractivity contribution is 6.30. The van der Waals surface area contributed by atoms with Crippen LogP contribution in [0.4, 0.5) is 4.39 Å². The Morgan fingerprint density at radius 1 is 1.14 bits per heavy atom. The van der Waals surface area contributed by atoms with E-state index in [-0.39, 0.29) is 12.4 Å². The Morgan fingerprint density at radius 3 is 2.64 bits per heavy atom. The zero-order chi connectivity index (χ0) is 15.5. The summed E-state index contributed by atoms with van der Waals surface area (Å²) in [6, 6.07) is 13.6. The van der Waals surface area contributed by atoms with E-state index >= 15 is 0 Å². The molecule has 0 aliphatic heterocycles. The van der Waals surface area contributed by atoms with E-state index in [0.717, 1.165) is 22.1 Å². The maximum Gasteiger partial charge on any atom is 0.130 e. The van der Waals surface area contributed by atoms with Gasteiger partial charge in [-0.1, -0.05) is 41.0 Å². The molecule has 1 heterocycles. The molecule has 1 aromatic heterocycles. The smallest absolute Gasteiger partial charge is 0.130 e. The zero-order valence-electron chi connectivity index (χ0n) is 11.4. The fourth-order valence-corrected chi connectivity index (χ4v) is 2.52. The lowest BCUT2D eigenvalue weighted by atomic mass is 10.0. The van der Waals surface area contributed by atoms with Crippen molar-refractivity contribution in [1.82, 2.24) is 4.98 Å². The maximum atomic E-state index is 13.1. The standard InChI is InChI=1S/C16H10ClFN4/c17-16-8-14(11-2-4-12(18)5-3-11)13-6-1-10(9-20-22-19)7-15(13)21-16/h1-8H,9H2. The van der Waals surface area contributed by atoms with Gasteiger partial charge in [0, 0.05) is 10.3 Å². The van der Waals surface area contributed by atoms with Gasteiger partial charge in [-0.25, -0.2) is 9.37 Å². The van der Waals surface area contributed by atoms with Crippen molar-refractivity contribution in [2.75, 3.05) is 0 Å². The van der Waals surface area contributed by atoms with E-state index in [1.165, 1.54) is 12.1 Å². The van der Waals surface area contributed by atoms with Crippen LogP contribution in [0.5, 0.6) is 0 Å². The highest BCUT2D eigenvalue weighted by atomic mass is 35.5. The Bertz CT molecular complexity index is 887. The van der Waals surface area contributed by atoms with Gasteiger partial charge in [0.05, 0.1) is 12.1 Å². The minimum Gasteiger partial charge on any atom is -0.236 e. The molecule has 0 unspecified atom stereocenters. The Kier molecular flexibility index (Phi) is 3.92. The normalized spacial score (nSPS) is 10.5. The van der Waals surface area contributed by atoms with Gasteiger partial charge in [0.15, 0.2) is 0 Å². The minimum absolute atomic E-state index is 0.256. The van der Waals surface area contributed by atoms with Crippen LogP contribution in [0.2, 0.25) is 5.15 Å². The zero-order valence-corrected chi connectivity index (χ0v) is 12.1. The molecule has 3 aromatic rings. The largest absolute Gasteiger partial charge is 0.236 e. The SMILES string of the molecule is [N-]=[N+]=NCc1ccc2c(-c3ccc(F)cc3)cc(Cl)nc2c1. The second-order valence-corrected chi connectivity index (χ2v) is 5.13. The fraction of sp³-hybridized carbons (Fsp3) is 0.0625. The van der Waals surface area contributed by atoms with Gasteiger partial charge in [-0.05, 0) is 46.5 Å². The van der Waals surface area contributed by atoms with Gasteiger partial charge < -0.3 is 0 Å². The number of nitrogens with zero attached hydrogens (tertiary/aromatic N) is 4. The van der Waals surface area contributed by atoms with Crippen molar-refractivity contribution in [2.45, 2.75) is 6.54 Å². The number of pyridine rings is 1. The molecular formula is C16H10ClFN4. The third-order valence-corrected chi connectivity index (χ3v) is 3.51. The molecule has 0 saturated carbocycles. The molecule has 6 heteroatoms. The Labute approximate surface area is 130 Å². The van der Waals surface area contributed by atoms with E-state index in [0.29, 0.717) is 10.7 Å². The van der Waals surface area contributed by atoms with E-state index in [1.54, 1.807) is 18.2 Å².